The Labute approximate surface area is 145 Å². The standard InChI is InChI=1S/C19H30N2O3/c1-13(2)18(17-8-6-5-7-14(17)3)20-19(23)21-9-10-24-12-16(21)11-15(4)22/h5-8,13,15-16,18,22H,9-12H2,1-4H3,(H,20,23)/t15-,16+,18-/m1/s1. The lowest BCUT2D eigenvalue weighted by molar-refractivity contribution is -0.00512. The van der Waals surface area contributed by atoms with Crippen molar-refractivity contribution in [3.63, 3.8) is 0 Å². The second kappa shape index (κ2) is 8.49. The van der Waals surface area contributed by atoms with E-state index in [9.17, 15) is 9.90 Å². The molecule has 1 aliphatic rings. The highest BCUT2D eigenvalue weighted by Crippen LogP contribution is 2.25. The Bertz CT molecular complexity index is 545. The molecule has 2 amide bonds. The number of aliphatic hydroxyl groups is 1. The lowest BCUT2D eigenvalue weighted by Crippen LogP contribution is -2.54. The minimum atomic E-state index is -0.454. The largest absolute Gasteiger partial charge is 0.393 e. The summed E-state index contributed by atoms with van der Waals surface area (Å²) in [7, 11) is 0. The molecule has 1 aromatic carbocycles. The fraction of sp³-hybridized carbons (Fsp3) is 0.632. The first kappa shape index (κ1) is 18.7. The molecule has 1 aliphatic heterocycles. The van der Waals surface area contributed by atoms with E-state index in [1.165, 1.54) is 5.56 Å². The quantitative estimate of drug-likeness (QED) is 0.870. The van der Waals surface area contributed by atoms with Gasteiger partial charge in [-0.05, 0) is 37.3 Å². The molecule has 0 saturated carbocycles. The van der Waals surface area contributed by atoms with Crippen molar-refractivity contribution >= 4 is 6.03 Å². The molecule has 2 rings (SSSR count). The van der Waals surface area contributed by atoms with Gasteiger partial charge in [-0.25, -0.2) is 4.79 Å². The number of amides is 2. The number of benzene rings is 1. The van der Waals surface area contributed by atoms with Crippen molar-refractivity contribution in [3.8, 4) is 0 Å². The van der Waals surface area contributed by atoms with Crippen LogP contribution in [0.15, 0.2) is 24.3 Å². The van der Waals surface area contributed by atoms with E-state index in [0.29, 0.717) is 26.2 Å². The highest BCUT2D eigenvalue weighted by molar-refractivity contribution is 5.75. The normalized spacial score (nSPS) is 20.8. The predicted octanol–water partition coefficient (Wildman–Crippen LogP) is 2.87. The molecule has 0 spiro atoms. The van der Waals surface area contributed by atoms with Crippen LogP contribution >= 0.6 is 0 Å². The van der Waals surface area contributed by atoms with Crippen molar-refractivity contribution in [2.45, 2.75) is 52.3 Å². The summed E-state index contributed by atoms with van der Waals surface area (Å²) < 4.78 is 5.49. The van der Waals surface area contributed by atoms with Crippen LogP contribution in [-0.4, -0.2) is 47.9 Å². The molecule has 0 aliphatic carbocycles. The predicted molar refractivity (Wildman–Crippen MR) is 94.9 cm³/mol. The Hall–Kier alpha value is -1.59. The Morgan fingerprint density at radius 2 is 2.08 bits per heavy atom. The Morgan fingerprint density at radius 3 is 2.71 bits per heavy atom. The molecule has 0 radical (unpaired) electrons. The SMILES string of the molecule is Cc1ccccc1[C@H](NC(=O)N1CCOC[C@@H]1C[C@@H](C)O)C(C)C. The average Bonchev–Trinajstić information content (AvgIpc) is 2.53. The van der Waals surface area contributed by atoms with Gasteiger partial charge in [-0.2, -0.15) is 0 Å². The van der Waals surface area contributed by atoms with Crippen LogP contribution in [0.2, 0.25) is 0 Å². The summed E-state index contributed by atoms with van der Waals surface area (Å²) in [6, 6.07) is 7.98. The molecule has 3 atom stereocenters. The number of hydrogen-bond donors (Lipinski definition) is 2. The van der Waals surface area contributed by atoms with Crippen LogP contribution in [-0.2, 0) is 4.74 Å². The van der Waals surface area contributed by atoms with Gasteiger partial charge in [0.2, 0.25) is 0 Å². The highest BCUT2D eigenvalue weighted by Gasteiger charge is 2.30. The van der Waals surface area contributed by atoms with Gasteiger partial charge in [0.1, 0.15) is 0 Å². The van der Waals surface area contributed by atoms with E-state index in [1.807, 2.05) is 17.0 Å². The number of nitrogens with one attached hydrogen (secondary N) is 1. The number of carbonyl (C=O) groups excluding carboxylic acids is 1. The third kappa shape index (κ3) is 4.71. The molecule has 0 bridgehead atoms. The molecule has 1 aromatic rings. The van der Waals surface area contributed by atoms with E-state index in [-0.39, 0.29) is 24.0 Å². The second-order valence-corrected chi connectivity index (χ2v) is 7.03. The van der Waals surface area contributed by atoms with Crippen LogP contribution in [0.1, 0.15) is 44.4 Å². The zero-order valence-electron chi connectivity index (χ0n) is 15.2. The monoisotopic (exact) mass is 334 g/mol. The number of nitrogens with zero attached hydrogens (tertiary/aromatic N) is 1. The van der Waals surface area contributed by atoms with Gasteiger partial charge in [0.05, 0.1) is 31.4 Å². The fourth-order valence-electron chi connectivity index (χ4n) is 3.27. The van der Waals surface area contributed by atoms with Gasteiger partial charge >= 0.3 is 6.03 Å². The number of carbonyl (C=O) groups is 1. The summed E-state index contributed by atoms with van der Waals surface area (Å²) >= 11 is 0. The van der Waals surface area contributed by atoms with Gasteiger partial charge in [0, 0.05) is 6.54 Å². The maximum atomic E-state index is 12.9. The van der Waals surface area contributed by atoms with Crippen LogP contribution in [0.4, 0.5) is 4.79 Å². The minimum absolute atomic E-state index is 0.0336. The molecular weight excluding hydrogens is 304 g/mol. The molecule has 0 aromatic heterocycles. The Balaban J connectivity index is 2.13. The maximum absolute atomic E-state index is 12.9. The average molecular weight is 334 g/mol. The molecule has 5 nitrogen and oxygen atoms in total. The Morgan fingerprint density at radius 1 is 1.38 bits per heavy atom. The first-order valence-corrected chi connectivity index (χ1v) is 8.78. The van der Waals surface area contributed by atoms with E-state index in [2.05, 4.69) is 38.2 Å². The zero-order valence-corrected chi connectivity index (χ0v) is 15.2. The molecule has 1 saturated heterocycles. The van der Waals surface area contributed by atoms with Crippen molar-refractivity contribution in [1.82, 2.24) is 10.2 Å². The number of hydrogen-bond acceptors (Lipinski definition) is 3. The number of aryl methyl sites for hydroxylation is 1. The zero-order chi connectivity index (χ0) is 17.7. The molecule has 134 valence electrons. The summed E-state index contributed by atoms with van der Waals surface area (Å²) in [6.45, 7) is 9.63. The van der Waals surface area contributed by atoms with Gasteiger partial charge in [-0.3, -0.25) is 0 Å². The summed E-state index contributed by atoms with van der Waals surface area (Å²) in [5, 5.41) is 12.9. The van der Waals surface area contributed by atoms with E-state index in [4.69, 9.17) is 4.74 Å². The van der Waals surface area contributed by atoms with Crippen molar-refractivity contribution in [2.75, 3.05) is 19.8 Å². The van der Waals surface area contributed by atoms with Gasteiger partial charge in [-0.15, -0.1) is 0 Å². The molecule has 1 heterocycles. The molecule has 0 unspecified atom stereocenters. The third-order valence-corrected chi connectivity index (χ3v) is 4.57. The van der Waals surface area contributed by atoms with Gasteiger partial charge < -0.3 is 20.1 Å². The van der Waals surface area contributed by atoms with E-state index in [1.54, 1.807) is 6.92 Å². The van der Waals surface area contributed by atoms with Gasteiger partial charge in [0.15, 0.2) is 0 Å². The van der Waals surface area contributed by atoms with Crippen LogP contribution in [0.5, 0.6) is 0 Å². The molecule has 2 N–H and O–H groups in total. The van der Waals surface area contributed by atoms with Crippen molar-refractivity contribution in [3.05, 3.63) is 35.4 Å². The van der Waals surface area contributed by atoms with Crippen LogP contribution < -0.4 is 5.32 Å². The smallest absolute Gasteiger partial charge is 0.318 e. The number of ether oxygens (including phenoxy) is 1. The van der Waals surface area contributed by atoms with Crippen LogP contribution in [0.25, 0.3) is 0 Å². The minimum Gasteiger partial charge on any atom is -0.393 e. The van der Waals surface area contributed by atoms with Crippen molar-refractivity contribution in [1.29, 1.82) is 0 Å². The first-order chi connectivity index (χ1) is 11.4. The number of rotatable bonds is 5. The fourth-order valence-corrected chi connectivity index (χ4v) is 3.27. The lowest BCUT2D eigenvalue weighted by atomic mass is 9.93. The molecule has 5 heteroatoms. The van der Waals surface area contributed by atoms with Crippen molar-refractivity contribution < 1.29 is 14.6 Å². The van der Waals surface area contributed by atoms with Crippen LogP contribution in [0.3, 0.4) is 0 Å². The number of aliphatic hydroxyl groups excluding tert-OH is 1. The van der Waals surface area contributed by atoms with Gasteiger partial charge in [-0.1, -0.05) is 38.1 Å². The first-order valence-electron chi connectivity index (χ1n) is 8.78. The molecule has 1 fully saturated rings. The highest BCUT2D eigenvalue weighted by atomic mass is 16.5. The van der Waals surface area contributed by atoms with Crippen molar-refractivity contribution in [2.24, 2.45) is 5.92 Å². The topological polar surface area (TPSA) is 61.8 Å². The lowest BCUT2D eigenvalue weighted by Gasteiger charge is -2.38. The number of urea groups is 1. The van der Waals surface area contributed by atoms with E-state index in [0.717, 1.165) is 5.56 Å². The summed E-state index contributed by atoms with van der Waals surface area (Å²) in [4.78, 5) is 14.7. The van der Waals surface area contributed by atoms with E-state index < -0.39 is 6.10 Å². The Kier molecular flexibility index (Phi) is 6.63. The summed E-state index contributed by atoms with van der Waals surface area (Å²) in [5.74, 6) is 0.284. The second-order valence-electron chi connectivity index (χ2n) is 7.03. The third-order valence-electron chi connectivity index (χ3n) is 4.57. The molecular formula is C19H30N2O3. The van der Waals surface area contributed by atoms with Gasteiger partial charge in [0.25, 0.3) is 0 Å². The summed E-state index contributed by atoms with van der Waals surface area (Å²) in [6.07, 6.45) is 0.0775. The van der Waals surface area contributed by atoms with Crippen LogP contribution in [0, 0.1) is 12.8 Å². The molecule has 24 heavy (non-hydrogen) atoms. The summed E-state index contributed by atoms with van der Waals surface area (Å²) in [5.41, 5.74) is 2.33. The maximum Gasteiger partial charge on any atom is 0.318 e. The number of morpholine rings is 1. The van der Waals surface area contributed by atoms with E-state index >= 15 is 0 Å².